The fourth-order valence-corrected chi connectivity index (χ4v) is 3.39. The van der Waals surface area contributed by atoms with Crippen LogP contribution in [0.1, 0.15) is 11.1 Å². The van der Waals surface area contributed by atoms with Crippen molar-refractivity contribution in [2.45, 2.75) is 13.5 Å². The summed E-state index contributed by atoms with van der Waals surface area (Å²) in [5.74, 6) is 0.520. The molecule has 3 heterocycles. The van der Waals surface area contributed by atoms with Crippen LogP contribution in [-0.4, -0.2) is 14.6 Å². The molecular formula is C18H15FN4S. The number of imidazole rings is 1. The van der Waals surface area contributed by atoms with Crippen molar-refractivity contribution in [3.63, 3.8) is 0 Å². The van der Waals surface area contributed by atoms with Gasteiger partial charge in [-0.15, -0.1) is 16.4 Å². The Labute approximate surface area is 142 Å². The van der Waals surface area contributed by atoms with Gasteiger partial charge in [-0.2, -0.15) is 0 Å². The van der Waals surface area contributed by atoms with Gasteiger partial charge in [0.15, 0.2) is 5.65 Å². The molecule has 0 fully saturated rings. The monoisotopic (exact) mass is 338 g/mol. The summed E-state index contributed by atoms with van der Waals surface area (Å²) in [7, 11) is 0. The van der Waals surface area contributed by atoms with Gasteiger partial charge in [-0.25, -0.2) is 13.9 Å². The number of hydrogen-bond acceptors (Lipinski definition) is 4. The minimum Gasteiger partial charge on any atom is -0.365 e. The van der Waals surface area contributed by atoms with Crippen molar-refractivity contribution in [1.82, 2.24) is 14.6 Å². The van der Waals surface area contributed by atoms with Gasteiger partial charge < -0.3 is 5.32 Å². The molecule has 120 valence electrons. The van der Waals surface area contributed by atoms with E-state index in [9.17, 15) is 4.39 Å². The molecule has 0 unspecified atom stereocenters. The first kappa shape index (κ1) is 14.8. The van der Waals surface area contributed by atoms with Crippen LogP contribution in [0.15, 0.2) is 54.0 Å². The Morgan fingerprint density at radius 3 is 2.75 bits per heavy atom. The maximum absolute atomic E-state index is 13.0. The van der Waals surface area contributed by atoms with Gasteiger partial charge >= 0.3 is 0 Å². The molecular weight excluding hydrogens is 323 g/mol. The highest BCUT2D eigenvalue weighted by Crippen LogP contribution is 2.27. The number of anilines is 1. The second-order valence-electron chi connectivity index (χ2n) is 5.60. The normalized spacial score (nSPS) is 11.1. The predicted octanol–water partition coefficient (Wildman–Crippen LogP) is 4.52. The molecule has 0 atom stereocenters. The second-order valence-corrected chi connectivity index (χ2v) is 6.51. The van der Waals surface area contributed by atoms with Crippen LogP contribution in [-0.2, 0) is 6.54 Å². The van der Waals surface area contributed by atoms with E-state index in [0.29, 0.717) is 6.54 Å². The highest BCUT2D eigenvalue weighted by molar-refractivity contribution is 7.13. The average Bonchev–Trinajstić information content (AvgIpc) is 3.20. The van der Waals surface area contributed by atoms with Crippen LogP contribution >= 0.6 is 11.3 Å². The first-order valence-corrected chi connectivity index (χ1v) is 8.45. The van der Waals surface area contributed by atoms with Crippen LogP contribution in [0.2, 0.25) is 0 Å². The van der Waals surface area contributed by atoms with E-state index in [-0.39, 0.29) is 5.82 Å². The lowest BCUT2D eigenvalue weighted by atomic mass is 10.2. The van der Waals surface area contributed by atoms with E-state index in [1.807, 2.05) is 22.8 Å². The largest absolute Gasteiger partial charge is 0.365 e. The number of benzene rings is 1. The minimum absolute atomic E-state index is 0.229. The number of fused-ring (bicyclic) bond motifs is 1. The summed E-state index contributed by atoms with van der Waals surface area (Å²) in [6.07, 6.45) is 1.84. The topological polar surface area (TPSA) is 42.2 Å². The molecule has 6 heteroatoms. The van der Waals surface area contributed by atoms with Gasteiger partial charge in [-0.3, -0.25) is 0 Å². The number of hydrogen-bond donors (Lipinski definition) is 1. The van der Waals surface area contributed by atoms with E-state index >= 15 is 0 Å². The quantitative estimate of drug-likeness (QED) is 0.595. The van der Waals surface area contributed by atoms with E-state index in [0.717, 1.165) is 27.6 Å². The number of aryl methyl sites for hydroxylation is 1. The molecule has 4 rings (SSSR count). The molecule has 0 aliphatic carbocycles. The zero-order valence-electron chi connectivity index (χ0n) is 13.0. The van der Waals surface area contributed by atoms with Crippen LogP contribution in [0.5, 0.6) is 0 Å². The number of aromatic nitrogens is 3. The first-order chi connectivity index (χ1) is 11.7. The summed E-state index contributed by atoms with van der Waals surface area (Å²) in [6, 6.07) is 12.4. The van der Waals surface area contributed by atoms with E-state index in [1.165, 1.54) is 17.7 Å². The molecule has 3 aromatic heterocycles. The van der Waals surface area contributed by atoms with E-state index < -0.39 is 0 Å². The molecule has 4 nitrogen and oxygen atoms in total. The molecule has 0 saturated heterocycles. The Balaban J connectivity index is 1.61. The third-order valence-electron chi connectivity index (χ3n) is 3.73. The smallest absolute Gasteiger partial charge is 0.154 e. The molecule has 0 saturated carbocycles. The van der Waals surface area contributed by atoms with Gasteiger partial charge in [0.05, 0.1) is 11.1 Å². The molecule has 0 spiro atoms. The number of rotatable bonds is 4. The van der Waals surface area contributed by atoms with Crippen LogP contribution in [0, 0.1) is 12.7 Å². The van der Waals surface area contributed by atoms with E-state index in [1.54, 1.807) is 23.5 Å². The molecule has 0 bridgehead atoms. The SMILES string of the molecule is Cc1csc(-c2cnc3ccc(NCc4ccc(F)cc4)nn23)c1. The summed E-state index contributed by atoms with van der Waals surface area (Å²) in [4.78, 5) is 5.55. The van der Waals surface area contributed by atoms with Gasteiger partial charge in [-0.05, 0) is 53.8 Å². The summed E-state index contributed by atoms with van der Waals surface area (Å²) in [5.41, 5.74) is 4.02. The lowest BCUT2D eigenvalue weighted by Crippen LogP contribution is -2.04. The number of halogens is 1. The maximum Gasteiger partial charge on any atom is 0.154 e. The fraction of sp³-hybridized carbons (Fsp3) is 0.111. The Morgan fingerprint density at radius 1 is 1.17 bits per heavy atom. The van der Waals surface area contributed by atoms with Crippen molar-refractivity contribution < 1.29 is 4.39 Å². The zero-order chi connectivity index (χ0) is 16.5. The summed E-state index contributed by atoms with van der Waals surface area (Å²) in [5, 5.41) is 10.0. The van der Waals surface area contributed by atoms with Gasteiger partial charge in [0, 0.05) is 6.54 Å². The summed E-state index contributed by atoms with van der Waals surface area (Å²) >= 11 is 1.68. The third kappa shape index (κ3) is 2.88. The van der Waals surface area contributed by atoms with Crippen LogP contribution < -0.4 is 5.32 Å². The van der Waals surface area contributed by atoms with Crippen molar-refractivity contribution in [1.29, 1.82) is 0 Å². The summed E-state index contributed by atoms with van der Waals surface area (Å²) in [6.45, 7) is 2.66. The number of nitrogens with one attached hydrogen (secondary N) is 1. The van der Waals surface area contributed by atoms with Gasteiger partial charge in [0.2, 0.25) is 0 Å². The van der Waals surface area contributed by atoms with Crippen molar-refractivity contribution in [3.8, 4) is 10.6 Å². The van der Waals surface area contributed by atoms with Gasteiger partial charge in [0.25, 0.3) is 0 Å². The number of thiophene rings is 1. The third-order valence-corrected chi connectivity index (χ3v) is 4.80. The molecule has 24 heavy (non-hydrogen) atoms. The molecule has 1 N–H and O–H groups in total. The minimum atomic E-state index is -0.229. The Bertz CT molecular complexity index is 988. The molecule has 4 aromatic rings. The highest BCUT2D eigenvalue weighted by Gasteiger charge is 2.09. The summed E-state index contributed by atoms with van der Waals surface area (Å²) < 4.78 is 14.8. The van der Waals surface area contributed by atoms with Crippen molar-refractivity contribution in [2.75, 3.05) is 5.32 Å². The average molecular weight is 338 g/mol. The van der Waals surface area contributed by atoms with Gasteiger partial charge in [-0.1, -0.05) is 12.1 Å². The Kier molecular flexibility index (Phi) is 3.74. The second kappa shape index (κ2) is 6.05. The van der Waals surface area contributed by atoms with Crippen molar-refractivity contribution in [3.05, 3.63) is 71.0 Å². The molecule has 0 aliphatic heterocycles. The first-order valence-electron chi connectivity index (χ1n) is 7.58. The highest BCUT2D eigenvalue weighted by atomic mass is 32.1. The van der Waals surface area contributed by atoms with Gasteiger partial charge in [0.1, 0.15) is 17.3 Å². The molecule has 0 amide bonds. The molecule has 1 aromatic carbocycles. The van der Waals surface area contributed by atoms with Crippen LogP contribution in [0.3, 0.4) is 0 Å². The van der Waals surface area contributed by atoms with Crippen LogP contribution in [0.4, 0.5) is 10.2 Å². The van der Waals surface area contributed by atoms with Crippen molar-refractivity contribution in [2.24, 2.45) is 0 Å². The lowest BCUT2D eigenvalue weighted by Gasteiger charge is -2.07. The number of nitrogens with zero attached hydrogens (tertiary/aromatic N) is 3. The van der Waals surface area contributed by atoms with Crippen LogP contribution in [0.25, 0.3) is 16.2 Å². The molecule has 0 radical (unpaired) electrons. The zero-order valence-corrected chi connectivity index (χ0v) is 13.8. The van der Waals surface area contributed by atoms with E-state index in [2.05, 4.69) is 33.8 Å². The lowest BCUT2D eigenvalue weighted by molar-refractivity contribution is 0.627. The Morgan fingerprint density at radius 2 is 2.00 bits per heavy atom. The fourth-order valence-electron chi connectivity index (χ4n) is 2.50. The standard InChI is InChI=1S/C18H15FN4S/c1-12-8-16(24-11-12)15-10-21-18-7-6-17(22-23(15)18)20-9-13-2-4-14(19)5-3-13/h2-8,10-11H,9H2,1H3,(H,20,22). The van der Waals surface area contributed by atoms with E-state index in [4.69, 9.17) is 0 Å². The maximum atomic E-state index is 13.0. The Hall–Kier alpha value is -2.73. The van der Waals surface area contributed by atoms with Crippen molar-refractivity contribution >= 4 is 22.8 Å². The molecule has 0 aliphatic rings. The predicted molar refractivity (Wildman–Crippen MR) is 94.8 cm³/mol.